The summed E-state index contributed by atoms with van der Waals surface area (Å²) >= 11 is 0.995. The Morgan fingerprint density at radius 1 is 1.11 bits per heavy atom. The van der Waals surface area contributed by atoms with Gasteiger partial charge in [-0.15, -0.1) is 16.4 Å². The average molecular weight is 548 g/mol. The van der Waals surface area contributed by atoms with Gasteiger partial charge in [0, 0.05) is 31.9 Å². The van der Waals surface area contributed by atoms with Crippen LogP contribution in [0.25, 0.3) is 11.3 Å². The molecular weight excluding hydrogens is 522 g/mol. The third-order valence-electron chi connectivity index (χ3n) is 5.19. The quantitative estimate of drug-likeness (QED) is 0.279. The van der Waals surface area contributed by atoms with Gasteiger partial charge in [-0.1, -0.05) is 12.1 Å². The zero-order valence-electron chi connectivity index (χ0n) is 21.5. The third-order valence-corrected chi connectivity index (χ3v) is 6.25. The molecule has 2 amide bonds. The average Bonchev–Trinajstić information content (AvgIpc) is 3.42. The fourth-order valence-corrected chi connectivity index (χ4v) is 4.34. The molecule has 0 aliphatic rings. The van der Waals surface area contributed by atoms with Crippen LogP contribution < -0.4 is 56.4 Å². The van der Waals surface area contributed by atoms with E-state index in [4.69, 9.17) is 0 Å². The number of benzene rings is 1. The van der Waals surface area contributed by atoms with Crippen molar-refractivity contribution in [1.29, 1.82) is 0 Å². The van der Waals surface area contributed by atoms with Crippen molar-refractivity contribution >= 4 is 35.2 Å². The fraction of sp³-hybridized carbons (Fsp3) is 0.304. The summed E-state index contributed by atoms with van der Waals surface area (Å²) < 4.78 is 40.0. The van der Waals surface area contributed by atoms with E-state index in [9.17, 15) is 27.9 Å². The van der Waals surface area contributed by atoms with E-state index in [-0.39, 0.29) is 80.7 Å². The Balaban J connectivity index is 0.00000342. The number of anilines is 1. The normalized spacial score (nSPS) is 11.4. The van der Waals surface area contributed by atoms with Crippen molar-refractivity contribution in [3.63, 3.8) is 0 Å². The summed E-state index contributed by atoms with van der Waals surface area (Å²) in [5.74, 6) is -1.45. The van der Waals surface area contributed by atoms with Crippen molar-refractivity contribution in [2.75, 3.05) is 18.1 Å². The van der Waals surface area contributed by atoms with Crippen LogP contribution in [0.5, 0.6) is 5.75 Å². The third kappa shape index (κ3) is 6.26. The second-order valence-corrected chi connectivity index (χ2v) is 8.44. The molecule has 0 fully saturated rings. The zero-order chi connectivity index (χ0) is 25.9. The molecule has 0 radical (unpaired) electrons. The Hall–Kier alpha value is -2.03. The number of hydrogen-bond acceptors (Lipinski definition) is 6. The molecule has 3 aromatic rings. The van der Waals surface area contributed by atoms with Crippen LogP contribution in [0.3, 0.4) is 0 Å². The van der Waals surface area contributed by atoms with Crippen molar-refractivity contribution in [2.45, 2.75) is 26.9 Å². The van der Waals surface area contributed by atoms with Crippen LogP contribution in [0, 0.1) is 0 Å². The van der Waals surface area contributed by atoms with Crippen LogP contribution >= 0.6 is 11.3 Å². The number of alkyl halides is 3. The first-order chi connectivity index (χ1) is 16.5. The second-order valence-electron chi connectivity index (χ2n) is 7.35. The maximum Gasteiger partial charge on any atom is 1.00 e. The van der Waals surface area contributed by atoms with E-state index < -0.39 is 23.4 Å². The molecule has 0 unspecified atom stereocenters. The molecule has 3 rings (SSSR count). The van der Waals surface area contributed by atoms with Crippen molar-refractivity contribution in [3.05, 3.63) is 51.7 Å². The number of nitrogens with zero attached hydrogens (tertiary/aromatic N) is 5. The molecule has 1 N–H and O–H groups in total. The molecule has 13 heteroatoms. The molecule has 188 valence electrons. The smallest absolute Gasteiger partial charge is 1.00 e. The topological polar surface area (TPSA) is 91.0 Å². The summed E-state index contributed by atoms with van der Waals surface area (Å²) in [6, 6.07) is 7.27. The minimum absolute atomic E-state index is 0. The fourth-order valence-electron chi connectivity index (χ4n) is 3.44. The molecule has 2 aromatic heterocycles. The predicted molar refractivity (Wildman–Crippen MR) is 129 cm³/mol. The Morgan fingerprint density at radius 3 is 2.17 bits per heavy atom. The van der Waals surface area contributed by atoms with E-state index in [1.54, 1.807) is 17.9 Å². The number of amides is 2. The van der Waals surface area contributed by atoms with Crippen molar-refractivity contribution < 1.29 is 80.7 Å². The Bertz CT molecular complexity index is 1260. The number of aromatic hydroxyl groups is 1. The van der Waals surface area contributed by atoms with Gasteiger partial charge in [-0.05, 0) is 45.0 Å². The maximum absolute atomic E-state index is 13.3. The minimum atomic E-state index is -4.50. The van der Waals surface area contributed by atoms with Gasteiger partial charge >= 0.3 is 57.6 Å². The number of hydrazone groups is 1. The molecule has 0 aliphatic heterocycles. The van der Waals surface area contributed by atoms with Crippen molar-refractivity contribution in [2.24, 2.45) is 12.1 Å². The van der Waals surface area contributed by atoms with Crippen LogP contribution in [0.4, 0.5) is 19.0 Å². The predicted octanol–water partition coefficient (Wildman–Crippen LogP) is 2.12. The molecule has 0 saturated carbocycles. The summed E-state index contributed by atoms with van der Waals surface area (Å²) in [5.41, 5.74) is -0.447. The summed E-state index contributed by atoms with van der Waals surface area (Å²) in [6.07, 6.45) is -3.16. The van der Waals surface area contributed by atoms with E-state index in [0.717, 1.165) is 28.5 Å². The van der Waals surface area contributed by atoms with E-state index >= 15 is 0 Å². The van der Waals surface area contributed by atoms with E-state index in [1.165, 1.54) is 36.1 Å². The molecule has 0 spiro atoms. The Kier molecular flexibility index (Phi) is 10.5. The van der Waals surface area contributed by atoms with Gasteiger partial charge in [0.2, 0.25) is 5.82 Å². The van der Waals surface area contributed by atoms with Gasteiger partial charge in [-0.25, -0.2) is 0 Å². The monoisotopic (exact) mass is 547 g/mol. The zero-order valence-corrected chi connectivity index (χ0v) is 24.4. The first kappa shape index (κ1) is 30.2. The van der Waals surface area contributed by atoms with Gasteiger partial charge in [-0.3, -0.25) is 14.3 Å². The number of rotatable bonds is 7. The van der Waals surface area contributed by atoms with Crippen LogP contribution in [0.1, 0.15) is 47.1 Å². The number of thiophene rings is 1. The Labute approximate surface area is 254 Å². The number of aryl methyl sites for hydroxylation is 1. The SMILES string of the molecule is CC=NN(C(=O)c1ccc(C(=O)N(CC)CC)s1)c1nn(C)c(-c2ccc(C(F)(F)F)cc2)c1O.[H-].[K+]. The number of carbonyl (C=O) groups is 2. The van der Waals surface area contributed by atoms with Gasteiger partial charge in [0.15, 0.2) is 5.75 Å². The van der Waals surface area contributed by atoms with Gasteiger partial charge in [-0.2, -0.15) is 23.3 Å². The number of carbonyl (C=O) groups excluding carboxylic acids is 2. The summed E-state index contributed by atoms with van der Waals surface area (Å²) in [5, 5.41) is 20.0. The van der Waals surface area contributed by atoms with E-state index in [0.29, 0.717) is 18.0 Å². The molecule has 36 heavy (non-hydrogen) atoms. The van der Waals surface area contributed by atoms with Crippen LogP contribution in [0.2, 0.25) is 0 Å². The van der Waals surface area contributed by atoms with Crippen LogP contribution in [-0.4, -0.2) is 50.9 Å². The molecule has 0 bridgehead atoms. The van der Waals surface area contributed by atoms with Gasteiger partial charge in [0.05, 0.1) is 15.3 Å². The molecule has 0 atom stereocenters. The standard InChI is InChI=1S/C23H24F3N5O3S.K.H/c1-5-27-31(22(34)17-13-12-16(35-17)21(33)30(6-2)7-3)20-19(32)18(29(4)28-20)14-8-10-15(11-9-14)23(24,25)26;;/h5,8-13,32H,6-7H2,1-4H3;;/q;+1;-1. The number of hydrogen-bond donors (Lipinski definition) is 1. The largest absolute Gasteiger partial charge is 1.00 e. The number of aromatic nitrogens is 2. The maximum atomic E-state index is 13.3. The first-order valence-electron chi connectivity index (χ1n) is 10.7. The number of halogens is 3. The molecule has 2 heterocycles. The van der Waals surface area contributed by atoms with E-state index in [1.807, 2.05) is 13.8 Å². The first-order valence-corrected chi connectivity index (χ1v) is 11.5. The molecule has 8 nitrogen and oxygen atoms in total. The van der Waals surface area contributed by atoms with Crippen molar-refractivity contribution in [1.82, 2.24) is 14.7 Å². The molecular formula is C23H25F3KN5O3S. The second kappa shape index (κ2) is 12.5. The molecule has 0 aliphatic carbocycles. The van der Waals surface area contributed by atoms with Crippen LogP contribution in [-0.2, 0) is 13.2 Å². The van der Waals surface area contributed by atoms with E-state index in [2.05, 4.69) is 10.2 Å². The molecule has 0 saturated heterocycles. The minimum Gasteiger partial charge on any atom is -1.00 e. The van der Waals surface area contributed by atoms with Gasteiger partial charge < -0.3 is 11.4 Å². The summed E-state index contributed by atoms with van der Waals surface area (Å²) in [7, 11) is 1.49. The van der Waals surface area contributed by atoms with Gasteiger partial charge in [0.1, 0.15) is 5.69 Å². The van der Waals surface area contributed by atoms with Gasteiger partial charge in [0.25, 0.3) is 11.8 Å². The Morgan fingerprint density at radius 2 is 1.67 bits per heavy atom. The van der Waals surface area contributed by atoms with Crippen molar-refractivity contribution in [3.8, 4) is 17.0 Å². The van der Waals surface area contributed by atoms with Crippen LogP contribution in [0.15, 0.2) is 41.5 Å². The molecule has 1 aromatic carbocycles. The summed E-state index contributed by atoms with van der Waals surface area (Å²) in [4.78, 5) is 28.1. The summed E-state index contributed by atoms with van der Waals surface area (Å²) in [6.45, 7) is 6.34.